The summed E-state index contributed by atoms with van der Waals surface area (Å²) in [6.45, 7) is 0. The third kappa shape index (κ3) is 6.14. The maximum atomic E-state index is 12.7. The van der Waals surface area contributed by atoms with E-state index >= 15 is 0 Å². The Hall–Kier alpha value is -3.20. The molecule has 3 rings (SSSR count). The van der Waals surface area contributed by atoms with Crippen LogP contribution in [0.15, 0.2) is 83.8 Å². The standard InChI is InChI=1S/C22H20ClN3O4S/c23-19-12-5-4-11-18(19)22(28)26-20(15-7-2-1-3-8-15)14-21(27)25-16-9-6-10-17(13-16)31(24,29)30/h1-13,20H,14H2,(H,25,27)(H,26,28)(H2,24,29,30)/t20-/m0/s1. The molecule has 0 aromatic heterocycles. The van der Waals surface area contributed by atoms with Crippen molar-refractivity contribution in [2.24, 2.45) is 5.14 Å². The van der Waals surface area contributed by atoms with E-state index in [1.807, 2.05) is 6.07 Å². The van der Waals surface area contributed by atoms with Gasteiger partial charge >= 0.3 is 0 Å². The first kappa shape index (κ1) is 22.5. The second kappa shape index (κ2) is 9.74. The summed E-state index contributed by atoms with van der Waals surface area (Å²) in [6, 6.07) is 20.7. The van der Waals surface area contributed by atoms with Crippen LogP contribution in [0, 0.1) is 0 Å². The first-order valence-corrected chi connectivity index (χ1v) is 11.2. The first-order chi connectivity index (χ1) is 14.7. The van der Waals surface area contributed by atoms with E-state index in [9.17, 15) is 18.0 Å². The number of halogens is 1. The Labute approximate surface area is 185 Å². The minimum atomic E-state index is -3.90. The van der Waals surface area contributed by atoms with Crippen molar-refractivity contribution in [3.8, 4) is 0 Å². The topological polar surface area (TPSA) is 118 Å². The van der Waals surface area contributed by atoms with Crippen LogP contribution >= 0.6 is 11.6 Å². The van der Waals surface area contributed by atoms with Crippen molar-refractivity contribution in [2.75, 3.05) is 5.32 Å². The van der Waals surface area contributed by atoms with E-state index in [0.717, 1.165) is 5.56 Å². The number of amides is 2. The second-order valence-corrected chi connectivity index (χ2v) is 8.71. The minimum absolute atomic E-state index is 0.0835. The number of anilines is 1. The van der Waals surface area contributed by atoms with Crippen LogP contribution in [0.25, 0.3) is 0 Å². The SMILES string of the molecule is NS(=O)(=O)c1cccc(NC(=O)C[C@H](NC(=O)c2ccccc2Cl)c2ccccc2)c1. The highest BCUT2D eigenvalue weighted by molar-refractivity contribution is 7.89. The lowest BCUT2D eigenvalue weighted by Crippen LogP contribution is -2.31. The summed E-state index contributed by atoms with van der Waals surface area (Å²) < 4.78 is 23.0. The molecule has 0 unspecified atom stereocenters. The van der Waals surface area contributed by atoms with E-state index in [4.69, 9.17) is 16.7 Å². The number of primary sulfonamides is 1. The summed E-state index contributed by atoms with van der Waals surface area (Å²) in [5.41, 5.74) is 1.31. The van der Waals surface area contributed by atoms with Crippen molar-refractivity contribution in [3.63, 3.8) is 0 Å². The lowest BCUT2D eigenvalue weighted by molar-refractivity contribution is -0.116. The van der Waals surface area contributed by atoms with Crippen LogP contribution in [0.3, 0.4) is 0 Å². The van der Waals surface area contributed by atoms with E-state index in [-0.39, 0.29) is 17.0 Å². The zero-order chi connectivity index (χ0) is 22.4. The Balaban J connectivity index is 1.79. The van der Waals surface area contributed by atoms with Gasteiger partial charge in [-0.05, 0) is 35.9 Å². The Morgan fingerprint density at radius 1 is 0.935 bits per heavy atom. The molecule has 3 aromatic carbocycles. The molecule has 3 aromatic rings. The van der Waals surface area contributed by atoms with Gasteiger partial charge in [-0.15, -0.1) is 0 Å². The van der Waals surface area contributed by atoms with Crippen LogP contribution in [0.5, 0.6) is 0 Å². The van der Waals surface area contributed by atoms with Crippen molar-refractivity contribution in [2.45, 2.75) is 17.4 Å². The largest absolute Gasteiger partial charge is 0.345 e. The van der Waals surface area contributed by atoms with Crippen LogP contribution in [-0.2, 0) is 14.8 Å². The number of rotatable bonds is 7. The molecule has 2 amide bonds. The number of carbonyl (C=O) groups excluding carboxylic acids is 2. The van der Waals surface area contributed by atoms with Gasteiger partial charge in [0.05, 0.1) is 27.9 Å². The molecular weight excluding hydrogens is 438 g/mol. The van der Waals surface area contributed by atoms with E-state index in [1.165, 1.54) is 18.2 Å². The predicted molar refractivity (Wildman–Crippen MR) is 119 cm³/mol. The Morgan fingerprint density at radius 2 is 1.61 bits per heavy atom. The van der Waals surface area contributed by atoms with Gasteiger partial charge in [-0.3, -0.25) is 9.59 Å². The van der Waals surface area contributed by atoms with Crippen LogP contribution in [-0.4, -0.2) is 20.2 Å². The molecule has 0 saturated heterocycles. The van der Waals surface area contributed by atoms with Gasteiger partial charge in [-0.2, -0.15) is 0 Å². The highest BCUT2D eigenvalue weighted by Gasteiger charge is 2.21. The molecule has 0 radical (unpaired) electrons. The second-order valence-electron chi connectivity index (χ2n) is 6.74. The van der Waals surface area contributed by atoms with E-state index in [2.05, 4.69) is 10.6 Å². The van der Waals surface area contributed by atoms with Gasteiger partial charge in [0.25, 0.3) is 5.91 Å². The summed E-state index contributed by atoms with van der Waals surface area (Å²) in [6.07, 6.45) is -0.0835. The molecule has 4 N–H and O–H groups in total. The number of sulfonamides is 1. The molecule has 0 fully saturated rings. The fourth-order valence-electron chi connectivity index (χ4n) is 2.97. The van der Waals surface area contributed by atoms with Crippen molar-refractivity contribution in [1.29, 1.82) is 0 Å². The molecular formula is C22H20ClN3O4S. The zero-order valence-corrected chi connectivity index (χ0v) is 17.9. The van der Waals surface area contributed by atoms with E-state index in [0.29, 0.717) is 10.6 Å². The molecule has 31 heavy (non-hydrogen) atoms. The van der Waals surface area contributed by atoms with Crippen molar-refractivity contribution >= 4 is 39.1 Å². The monoisotopic (exact) mass is 457 g/mol. The highest BCUT2D eigenvalue weighted by atomic mass is 35.5. The number of hydrogen-bond donors (Lipinski definition) is 3. The van der Waals surface area contributed by atoms with Gasteiger partial charge in [-0.25, -0.2) is 13.6 Å². The average Bonchev–Trinajstić information content (AvgIpc) is 2.73. The molecule has 1 atom stereocenters. The summed E-state index contributed by atoms with van der Waals surface area (Å²) in [5.74, 6) is -0.830. The number of nitrogens with two attached hydrogens (primary N) is 1. The molecule has 7 nitrogen and oxygen atoms in total. The molecule has 0 aliphatic carbocycles. The Morgan fingerprint density at radius 3 is 2.29 bits per heavy atom. The summed E-state index contributed by atoms with van der Waals surface area (Å²) in [7, 11) is -3.90. The number of benzene rings is 3. The summed E-state index contributed by atoms with van der Waals surface area (Å²) in [4.78, 5) is 25.3. The molecule has 0 aliphatic rings. The van der Waals surface area contributed by atoms with Gasteiger partial charge in [0, 0.05) is 5.69 Å². The van der Waals surface area contributed by atoms with Crippen LogP contribution < -0.4 is 15.8 Å². The number of hydrogen-bond acceptors (Lipinski definition) is 4. The van der Waals surface area contributed by atoms with Gasteiger partial charge in [0.15, 0.2) is 0 Å². The fourth-order valence-corrected chi connectivity index (χ4v) is 3.75. The average molecular weight is 458 g/mol. The summed E-state index contributed by atoms with van der Waals surface area (Å²) >= 11 is 6.11. The maximum absolute atomic E-state index is 12.7. The molecule has 0 bridgehead atoms. The normalized spacial score (nSPS) is 12.1. The zero-order valence-electron chi connectivity index (χ0n) is 16.3. The smallest absolute Gasteiger partial charge is 0.253 e. The van der Waals surface area contributed by atoms with E-state index in [1.54, 1.807) is 54.6 Å². The van der Waals surface area contributed by atoms with E-state index < -0.39 is 27.9 Å². The lowest BCUT2D eigenvalue weighted by atomic mass is 10.0. The van der Waals surface area contributed by atoms with Crippen LogP contribution in [0.1, 0.15) is 28.4 Å². The maximum Gasteiger partial charge on any atom is 0.253 e. The number of carbonyl (C=O) groups is 2. The Bertz CT molecular complexity index is 1200. The fraction of sp³-hybridized carbons (Fsp3) is 0.0909. The van der Waals surface area contributed by atoms with Crippen molar-refractivity contribution in [1.82, 2.24) is 5.32 Å². The van der Waals surface area contributed by atoms with Gasteiger partial charge in [-0.1, -0.05) is 60.1 Å². The van der Waals surface area contributed by atoms with Crippen LogP contribution in [0.4, 0.5) is 5.69 Å². The van der Waals surface area contributed by atoms with Crippen LogP contribution in [0.2, 0.25) is 5.02 Å². The molecule has 0 saturated carbocycles. The lowest BCUT2D eigenvalue weighted by Gasteiger charge is -2.19. The van der Waals surface area contributed by atoms with Gasteiger partial charge < -0.3 is 10.6 Å². The molecule has 9 heteroatoms. The third-order valence-electron chi connectivity index (χ3n) is 4.46. The predicted octanol–water partition coefficient (Wildman–Crippen LogP) is 3.49. The molecule has 0 heterocycles. The first-order valence-electron chi connectivity index (χ1n) is 9.27. The molecule has 0 aliphatic heterocycles. The van der Waals surface area contributed by atoms with Crippen molar-refractivity contribution < 1.29 is 18.0 Å². The third-order valence-corrected chi connectivity index (χ3v) is 5.70. The number of nitrogens with one attached hydrogen (secondary N) is 2. The quantitative estimate of drug-likeness (QED) is 0.503. The van der Waals surface area contributed by atoms with Gasteiger partial charge in [0.1, 0.15) is 0 Å². The van der Waals surface area contributed by atoms with Gasteiger partial charge in [0.2, 0.25) is 15.9 Å². The summed E-state index contributed by atoms with van der Waals surface area (Å²) in [5, 5.41) is 10.9. The minimum Gasteiger partial charge on any atom is -0.345 e. The Kier molecular flexibility index (Phi) is 7.06. The van der Waals surface area contributed by atoms with Crippen molar-refractivity contribution in [3.05, 3.63) is 95.0 Å². The molecule has 0 spiro atoms. The molecule has 160 valence electrons. The highest BCUT2D eigenvalue weighted by Crippen LogP contribution is 2.21.